The first-order valence-corrected chi connectivity index (χ1v) is 6.89. The third kappa shape index (κ3) is 2.98. The molecule has 2 heterocycles. The molecular formula is C14H27NO. The number of rotatable bonds is 2. The molecule has 0 N–H and O–H groups in total. The number of nitrogens with zero attached hydrogens (tertiary/aromatic N) is 1. The maximum Gasteiger partial charge on any atom is 0.0469 e. The SMILES string of the molecule is CC(C)(C)C1CCCN1CC1CCOCC1. The van der Waals surface area contributed by atoms with E-state index in [1.54, 1.807) is 0 Å². The van der Waals surface area contributed by atoms with E-state index in [0.29, 0.717) is 5.41 Å². The molecule has 0 aromatic heterocycles. The standard InChI is InChI=1S/C14H27NO/c1-14(2,3)13-5-4-8-15(13)11-12-6-9-16-10-7-12/h12-13H,4-11H2,1-3H3. The zero-order valence-corrected chi connectivity index (χ0v) is 11.2. The van der Waals surface area contributed by atoms with E-state index >= 15 is 0 Å². The lowest BCUT2D eigenvalue weighted by Crippen LogP contribution is -2.42. The monoisotopic (exact) mass is 225 g/mol. The highest BCUT2D eigenvalue weighted by molar-refractivity contribution is 4.89. The van der Waals surface area contributed by atoms with Crippen LogP contribution in [-0.2, 0) is 4.74 Å². The molecule has 94 valence electrons. The fraction of sp³-hybridized carbons (Fsp3) is 1.00. The highest BCUT2D eigenvalue weighted by Gasteiger charge is 2.35. The van der Waals surface area contributed by atoms with Crippen molar-refractivity contribution in [2.75, 3.05) is 26.3 Å². The molecule has 0 spiro atoms. The third-order valence-electron chi connectivity index (χ3n) is 4.20. The smallest absolute Gasteiger partial charge is 0.0469 e. The lowest BCUT2D eigenvalue weighted by molar-refractivity contribution is 0.0408. The predicted molar refractivity (Wildman–Crippen MR) is 67.6 cm³/mol. The summed E-state index contributed by atoms with van der Waals surface area (Å²) in [6.07, 6.45) is 5.33. The molecular weight excluding hydrogens is 198 g/mol. The molecule has 2 aliphatic heterocycles. The average molecular weight is 225 g/mol. The van der Waals surface area contributed by atoms with Crippen LogP contribution in [0.2, 0.25) is 0 Å². The Hall–Kier alpha value is -0.0800. The highest BCUT2D eigenvalue weighted by Crippen LogP contribution is 2.33. The molecule has 0 radical (unpaired) electrons. The van der Waals surface area contributed by atoms with Gasteiger partial charge < -0.3 is 4.74 Å². The summed E-state index contributed by atoms with van der Waals surface area (Å²) < 4.78 is 5.44. The summed E-state index contributed by atoms with van der Waals surface area (Å²) >= 11 is 0. The second kappa shape index (κ2) is 5.05. The molecule has 2 nitrogen and oxygen atoms in total. The Labute approximate surface area is 100 Å². The molecule has 0 bridgehead atoms. The fourth-order valence-corrected chi connectivity index (χ4v) is 3.29. The minimum atomic E-state index is 0.446. The van der Waals surface area contributed by atoms with Crippen molar-refractivity contribution in [2.45, 2.75) is 52.5 Å². The van der Waals surface area contributed by atoms with E-state index in [-0.39, 0.29) is 0 Å². The molecule has 2 saturated heterocycles. The summed E-state index contributed by atoms with van der Waals surface area (Å²) in [7, 11) is 0. The van der Waals surface area contributed by atoms with Crippen LogP contribution in [0.25, 0.3) is 0 Å². The van der Waals surface area contributed by atoms with Gasteiger partial charge in [-0.05, 0) is 43.6 Å². The van der Waals surface area contributed by atoms with Crippen LogP contribution in [0.3, 0.4) is 0 Å². The van der Waals surface area contributed by atoms with E-state index in [1.165, 1.54) is 38.8 Å². The van der Waals surface area contributed by atoms with E-state index in [2.05, 4.69) is 25.7 Å². The van der Waals surface area contributed by atoms with Crippen molar-refractivity contribution in [3.63, 3.8) is 0 Å². The summed E-state index contributed by atoms with van der Waals surface area (Å²) in [5, 5.41) is 0. The Morgan fingerprint density at radius 1 is 1.12 bits per heavy atom. The summed E-state index contributed by atoms with van der Waals surface area (Å²) in [5.41, 5.74) is 0.446. The van der Waals surface area contributed by atoms with Crippen molar-refractivity contribution >= 4 is 0 Å². The third-order valence-corrected chi connectivity index (χ3v) is 4.20. The molecule has 2 rings (SSSR count). The van der Waals surface area contributed by atoms with Crippen LogP contribution in [0.5, 0.6) is 0 Å². The van der Waals surface area contributed by atoms with Gasteiger partial charge in [-0.15, -0.1) is 0 Å². The summed E-state index contributed by atoms with van der Waals surface area (Å²) in [6.45, 7) is 11.8. The van der Waals surface area contributed by atoms with Gasteiger partial charge in [-0.1, -0.05) is 20.8 Å². The molecule has 16 heavy (non-hydrogen) atoms. The van der Waals surface area contributed by atoms with Crippen molar-refractivity contribution in [1.29, 1.82) is 0 Å². The van der Waals surface area contributed by atoms with Crippen molar-refractivity contribution in [3.05, 3.63) is 0 Å². The number of ether oxygens (including phenoxy) is 1. The van der Waals surface area contributed by atoms with Crippen LogP contribution in [-0.4, -0.2) is 37.2 Å². The van der Waals surface area contributed by atoms with Gasteiger partial charge in [0.2, 0.25) is 0 Å². The Balaban J connectivity index is 1.88. The lowest BCUT2D eigenvalue weighted by Gasteiger charge is -2.37. The van der Waals surface area contributed by atoms with E-state index in [0.717, 1.165) is 25.2 Å². The molecule has 2 fully saturated rings. The van der Waals surface area contributed by atoms with Gasteiger partial charge >= 0.3 is 0 Å². The first-order chi connectivity index (χ1) is 7.57. The first-order valence-electron chi connectivity index (χ1n) is 6.89. The van der Waals surface area contributed by atoms with Gasteiger partial charge in [0, 0.05) is 25.8 Å². The van der Waals surface area contributed by atoms with Crippen LogP contribution < -0.4 is 0 Å². The van der Waals surface area contributed by atoms with Gasteiger partial charge in [-0.25, -0.2) is 0 Å². The van der Waals surface area contributed by atoms with Crippen LogP contribution >= 0.6 is 0 Å². The van der Waals surface area contributed by atoms with Gasteiger partial charge in [-0.3, -0.25) is 4.90 Å². The maximum absolute atomic E-state index is 5.44. The molecule has 1 unspecified atom stereocenters. The van der Waals surface area contributed by atoms with Crippen LogP contribution in [0.15, 0.2) is 0 Å². The van der Waals surface area contributed by atoms with Gasteiger partial charge in [0.25, 0.3) is 0 Å². The van der Waals surface area contributed by atoms with Gasteiger partial charge in [0.05, 0.1) is 0 Å². The molecule has 2 heteroatoms. The van der Waals surface area contributed by atoms with Crippen LogP contribution in [0.4, 0.5) is 0 Å². The maximum atomic E-state index is 5.44. The van der Waals surface area contributed by atoms with E-state index in [9.17, 15) is 0 Å². The second-order valence-electron chi connectivity index (χ2n) is 6.57. The predicted octanol–water partition coefficient (Wildman–Crippen LogP) is 2.92. The number of hydrogen-bond acceptors (Lipinski definition) is 2. The van der Waals surface area contributed by atoms with Crippen molar-refractivity contribution in [1.82, 2.24) is 4.90 Å². The molecule has 0 aromatic rings. The lowest BCUT2D eigenvalue weighted by atomic mass is 9.84. The molecule has 0 saturated carbocycles. The van der Waals surface area contributed by atoms with Crippen molar-refractivity contribution in [2.24, 2.45) is 11.3 Å². The largest absolute Gasteiger partial charge is 0.381 e. The first kappa shape index (κ1) is 12.4. The highest BCUT2D eigenvalue weighted by atomic mass is 16.5. The number of hydrogen-bond donors (Lipinski definition) is 0. The summed E-state index contributed by atoms with van der Waals surface area (Å²) in [4.78, 5) is 2.75. The molecule has 1 atom stereocenters. The van der Waals surface area contributed by atoms with Gasteiger partial charge in [0.1, 0.15) is 0 Å². The van der Waals surface area contributed by atoms with E-state index in [4.69, 9.17) is 4.74 Å². The quantitative estimate of drug-likeness (QED) is 0.716. The average Bonchev–Trinajstić information content (AvgIpc) is 2.67. The van der Waals surface area contributed by atoms with Crippen LogP contribution in [0, 0.1) is 11.3 Å². The molecule has 0 aromatic carbocycles. The summed E-state index contributed by atoms with van der Waals surface area (Å²) in [5.74, 6) is 0.886. The fourth-order valence-electron chi connectivity index (χ4n) is 3.29. The topological polar surface area (TPSA) is 12.5 Å². The molecule has 0 amide bonds. The van der Waals surface area contributed by atoms with Gasteiger partial charge in [-0.2, -0.15) is 0 Å². The van der Waals surface area contributed by atoms with Gasteiger partial charge in [0.15, 0.2) is 0 Å². The molecule has 2 aliphatic rings. The summed E-state index contributed by atoms with van der Waals surface area (Å²) in [6, 6.07) is 0.801. The minimum absolute atomic E-state index is 0.446. The second-order valence-corrected chi connectivity index (χ2v) is 6.57. The minimum Gasteiger partial charge on any atom is -0.381 e. The normalized spacial score (nSPS) is 29.8. The Bertz CT molecular complexity index is 215. The number of likely N-dealkylation sites (tertiary alicyclic amines) is 1. The van der Waals surface area contributed by atoms with E-state index in [1.807, 2.05) is 0 Å². The Kier molecular flexibility index (Phi) is 3.91. The van der Waals surface area contributed by atoms with Crippen molar-refractivity contribution in [3.8, 4) is 0 Å². The zero-order valence-electron chi connectivity index (χ0n) is 11.2. The zero-order chi connectivity index (χ0) is 11.6. The Morgan fingerprint density at radius 3 is 2.44 bits per heavy atom. The van der Waals surface area contributed by atoms with Crippen molar-refractivity contribution < 1.29 is 4.74 Å². The Morgan fingerprint density at radius 2 is 1.81 bits per heavy atom. The van der Waals surface area contributed by atoms with E-state index < -0.39 is 0 Å². The molecule has 0 aliphatic carbocycles. The van der Waals surface area contributed by atoms with Crippen LogP contribution in [0.1, 0.15) is 46.5 Å².